The summed E-state index contributed by atoms with van der Waals surface area (Å²) in [5, 5.41) is 12.0. The zero-order chi connectivity index (χ0) is 15.2. The molecule has 116 valence electrons. The first-order chi connectivity index (χ1) is 9.28. The van der Waals surface area contributed by atoms with Crippen molar-refractivity contribution in [3.8, 4) is 0 Å². The monoisotopic (exact) mass is 284 g/mol. The van der Waals surface area contributed by atoms with E-state index in [-0.39, 0.29) is 17.9 Å². The number of hydrogen-bond acceptors (Lipinski definition) is 3. The van der Waals surface area contributed by atoms with Gasteiger partial charge >= 0.3 is 5.97 Å². The molecule has 2 N–H and O–H groups in total. The van der Waals surface area contributed by atoms with Gasteiger partial charge in [-0.2, -0.15) is 0 Å². The lowest BCUT2D eigenvalue weighted by atomic mass is 9.92. The van der Waals surface area contributed by atoms with Crippen molar-refractivity contribution in [1.82, 2.24) is 10.2 Å². The molecule has 1 fully saturated rings. The summed E-state index contributed by atoms with van der Waals surface area (Å²) in [6.07, 6.45) is 3.39. The predicted molar refractivity (Wildman–Crippen MR) is 78.5 cm³/mol. The fraction of sp³-hybridized carbons (Fsp3) is 0.867. The highest BCUT2D eigenvalue weighted by atomic mass is 16.4. The lowest BCUT2D eigenvalue weighted by Gasteiger charge is -2.32. The number of nitrogens with zero attached hydrogens (tertiary/aromatic N) is 1. The predicted octanol–water partition coefficient (Wildman–Crippen LogP) is 1.87. The second-order valence-electron chi connectivity index (χ2n) is 6.68. The molecule has 5 nitrogen and oxygen atoms in total. The van der Waals surface area contributed by atoms with Crippen LogP contribution in [0.5, 0.6) is 0 Å². The summed E-state index contributed by atoms with van der Waals surface area (Å²) in [6, 6.07) is 0. The van der Waals surface area contributed by atoms with Crippen LogP contribution in [-0.4, -0.2) is 47.1 Å². The van der Waals surface area contributed by atoms with Crippen LogP contribution >= 0.6 is 0 Å². The molecule has 1 aliphatic rings. The van der Waals surface area contributed by atoms with E-state index in [0.29, 0.717) is 18.9 Å². The van der Waals surface area contributed by atoms with Crippen LogP contribution in [0.3, 0.4) is 0 Å². The van der Waals surface area contributed by atoms with Crippen molar-refractivity contribution < 1.29 is 14.7 Å². The molecule has 1 rings (SSSR count). The zero-order valence-corrected chi connectivity index (χ0v) is 12.9. The fourth-order valence-electron chi connectivity index (χ4n) is 2.50. The summed E-state index contributed by atoms with van der Waals surface area (Å²) >= 11 is 0. The lowest BCUT2D eigenvalue weighted by Crippen LogP contribution is -2.42. The number of piperidine rings is 1. The number of hydrogen-bond donors (Lipinski definition) is 2. The first-order valence-corrected chi connectivity index (χ1v) is 7.52. The number of carboxylic acids is 1. The van der Waals surface area contributed by atoms with Gasteiger partial charge < -0.3 is 15.3 Å². The van der Waals surface area contributed by atoms with Crippen molar-refractivity contribution in [3.05, 3.63) is 0 Å². The van der Waals surface area contributed by atoms with Gasteiger partial charge in [0.05, 0.1) is 0 Å². The number of nitrogens with one attached hydrogen (secondary N) is 1. The summed E-state index contributed by atoms with van der Waals surface area (Å²) in [6.45, 7) is 8.53. The van der Waals surface area contributed by atoms with Gasteiger partial charge in [0.1, 0.15) is 0 Å². The Bertz CT molecular complexity index is 329. The smallest absolute Gasteiger partial charge is 0.303 e. The topological polar surface area (TPSA) is 69.6 Å². The quantitative estimate of drug-likeness (QED) is 0.781. The minimum Gasteiger partial charge on any atom is -0.481 e. The summed E-state index contributed by atoms with van der Waals surface area (Å²) in [4.78, 5) is 24.5. The minimum absolute atomic E-state index is 0.0457. The van der Waals surface area contributed by atoms with Crippen molar-refractivity contribution in [2.24, 2.45) is 5.92 Å². The zero-order valence-electron chi connectivity index (χ0n) is 12.9. The van der Waals surface area contributed by atoms with Gasteiger partial charge in [0.2, 0.25) is 5.91 Å². The van der Waals surface area contributed by atoms with E-state index in [2.05, 4.69) is 26.1 Å². The van der Waals surface area contributed by atoms with E-state index in [9.17, 15) is 9.59 Å². The van der Waals surface area contributed by atoms with E-state index in [1.807, 2.05) is 4.90 Å². The molecule has 0 spiro atoms. The third-order valence-corrected chi connectivity index (χ3v) is 3.73. The molecule has 0 bridgehead atoms. The van der Waals surface area contributed by atoms with Crippen molar-refractivity contribution in [3.63, 3.8) is 0 Å². The van der Waals surface area contributed by atoms with Crippen LogP contribution in [0, 0.1) is 5.92 Å². The first kappa shape index (κ1) is 17.0. The minimum atomic E-state index is -0.725. The Morgan fingerprint density at radius 3 is 2.30 bits per heavy atom. The van der Waals surface area contributed by atoms with Crippen molar-refractivity contribution in [1.29, 1.82) is 0 Å². The maximum Gasteiger partial charge on any atom is 0.303 e. The van der Waals surface area contributed by atoms with Crippen LogP contribution in [0.15, 0.2) is 0 Å². The molecule has 1 heterocycles. The Morgan fingerprint density at radius 2 is 1.80 bits per heavy atom. The number of carbonyl (C=O) groups is 2. The van der Waals surface area contributed by atoms with Gasteiger partial charge in [0, 0.05) is 38.0 Å². The van der Waals surface area contributed by atoms with Gasteiger partial charge in [-0.15, -0.1) is 0 Å². The van der Waals surface area contributed by atoms with E-state index in [1.165, 1.54) is 0 Å². The first-order valence-electron chi connectivity index (χ1n) is 7.52. The average molecular weight is 284 g/mol. The number of aliphatic carboxylic acids is 1. The molecule has 20 heavy (non-hydrogen) atoms. The molecule has 0 aromatic rings. The SMILES string of the molecule is CC(C)(C)NCCC(=O)N1CCC(CCC(=O)O)CC1. The van der Waals surface area contributed by atoms with E-state index in [0.717, 1.165) is 32.4 Å². The summed E-state index contributed by atoms with van der Waals surface area (Å²) in [7, 11) is 0. The highest BCUT2D eigenvalue weighted by Gasteiger charge is 2.23. The van der Waals surface area contributed by atoms with Gasteiger partial charge in [-0.25, -0.2) is 0 Å². The van der Waals surface area contributed by atoms with E-state index in [1.54, 1.807) is 0 Å². The maximum absolute atomic E-state index is 12.0. The number of amides is 1. The Morgan fingerprint density at radius 1 is 1.20 bits per heavy atom. The van der Waals surface area contributed by atoms with Crippen LogP contribution in [0.1, 0.15) is 52.9 Å². The van der Waals surface area contributed by atoms with Crippen LogP contribution in [0.4, 0.5) is 0 Å². The molecular formula is C15H28N2O3. The second-order valence-corrected chi connectivity index (χ2v) is 6.68. The van der Waals surface area contributed by atoms with Gasteiger partial charge in [0.25, 0.3) is 0 Å². The molecule has 0 unspecified atom stereocenters. The molecule has 0 radical (unpaired) electrons. The van der Waals surface area contributed by atoms with E-state index < -0.39 is 5.97 Å². The highest BCUT2D eigenvalue weighted by Crippen LogP contribution is 2.22. The Balaban J connectivity index is 2.20. The average Bonchev–Trinajstić information content (AvgIpc) is 2.35. The van der Waals surface area contributed by atoms with Crippen molar-refractivity contribution in [2.45, 2.75) is 58.4 Å². The van der Waals surface area contributed by atoms with Gasteiger partial charge in [-0.3, -0.25) is 9.59 Å². The summed E-state index contributed by atoms with van der Waals surface area (Å²) in [5.41, 5.74) is 0.0457. The Hall–Kier alpha value is -1.10. The largest absolute Gasteiger partial charge is 0.481 e. The van der Waals surface area contributed by atoms with Crippen LogP contribution < -0.4 is 5.32 Å². The molecule has 0 aliphatic carbocycles. The molecular weight excluding hydrogens is 256 g/mol. The van der Waals surface area contributed by atoms with Crippen LogP contribution in [-0.2, 0) is 9.59 Å². The molecule has 0 saturated carbocycles. The second kappa shape index (κ2) is 7.62. The molecule has 1 saturated heterocycles. The summed E-state index contributed by atoms with van der Waals surface area (Å²) < 4.78 is 0. The summed E-state index contributed by atoms with van der Waals surface area (Å²) in [5.74, 6) is -0.0574. The number of likely N-dealkylation sites (tertiary alicyclic amines) is 1. The maximum atomic E-state index is 12.0. The van der Waals surface area contributed by atoms with Crippen molar-refractivity contribution >= 4 is 11.9 Å². The molecule has 0 atom stereocenters. The number of rotatable bonds is 6. The van der Waals surface area contributed by atoms with Crippen LogP contribution in [0.2, 0.25) is 0 Å². The number of carboxylic acid groups (broad SMARTS) is 1. The molecule has 1 amide bonds. The molecule has 5 heteroatoms. The fourth-order valence-corrected chi connectivity index (χ4v) is 2.50. The van der Waals surface area contributed by atoms with Gasteiger partial charge in [0.15, 0.2) is 0 Å². The molecule has 0 aromatic carbocycles. The van der Waals surface area contributed by atoms with E-state index in [4.69, 9.17) is 5.11 Å². The van der Waals surface area contributed by atoms with E-state index >= 15 is 0 Å². The third kappa shape index (κ3) is 6.89. The van der Waals surface area contributed by atoms with Crippen molar-refractivity contribution in [2.75, 3.05) is 19.6 Å². The molecule has 1 aliphatic heterocycles. The van der Waals surface area contributed by atoms with Gasteiger partial charge in [-0.1, -0.05) is 0 Å². The highest BCUT2D eigenvalue weighted by molar-refractivity contribution is 5.76. The standard InChI is InChI=1S/C15H28N2O3/c1-15(2,3)16-9-6-13(18)17-10-7-12(8-11-17)4-5-14(19)20/h12,16H,4-11H2,1-3H3,(H,19,20). The van der Waals surface area contributed by atoms with Gasteiger partial charge in [-0.05, 0) is 46.0 Å². The van der Waals surface area contributed by atoms with Crippen LogP contribution in [0.25, 0.3) is 0 Å². The lowest BCUT2D eigenvalue weighted by molar-refractivity contribution is -0.138. The normalized spacial score (nSPS) is 17.2. The molecule has 0 aromatic heterocycles. The Kier molecular flexibility index (Phi) is 6.46. The Labute approximate surface area is 121 Å². The third-order valence-electron chi connectivity index (χ3n) is 3.73. The number of carbonyl (C=O) groups excluding carboxylic acids is 1.